The zero-order valence-electron chi connectivity index (χ0n) is 37.2. The van der Waals surface area contributed by atoms with E-state index < -0.39 is 17.6 Å². The molecule has 4 aromatic heterocycles. The lowest BCUT2D eigenvalue weighted by atomic mass is 9.86. The summed E-state index contributed by atoms with van der Waals surface area (Å²) < 4.78 is 16.9. The number of carbonyl (C=O) groups excluding carboxylic acids is 3. The summed E-state index contributed by atoms with van der Waals surface area (Å²) in [4.78, 5) is 62.6. The van der Waals surface area contributed by atoms with Gasteiger partial charge in [-0.2, -0.15) is 5.10 Å². The number of oxazole rings is 1. The van der Waals surface area contributed by atoms with Crippen LogP contribution in [0.2, 0.25) is 0 Å². The number of hydrogen-bond acceptors (Lipinski definition) is 11. The van der Waals surface area contributed by atoms with Crippen LogP contribution in [-0.4, -0.2) is 89.7 Å². The predicted molar refractivity (Wildman–Crippen MR) is 239 cm³/mol. The Morgan fingerprint density at radius 3 is 2.56 bits per heavy atom. The van der Waals surface area contributed by atoms with Crippen LogP contribution in [0.3, 0.4) is 0 Å². The number of nitrogens with one attached hydrogen (secondary N) is 1. The van der Waals surface area contributed by atoms with Gasteiger partial charge in [0.15, 0.2) is 11.5 Å². The first-order valence-corrected chi connectivity index (χ1v) is 22.9. The van der Waals surface area contributed by atoms with E-state index in [1.54, 1.807) is 36.2 Å². The quantitative estimate of drug-likeness (QED) is 0.0647. The van der Waals surface area contributed by atoms with Crippen LogP contribution < -0.4 is 11.0 Å². The van der Waals surface area contributed by atoms with Crippen molar-refractivity contribution in [2.45, 2.75) is 121 Å². The van der Waals surface area contributed by atoms with E-state index in [0.717, 1.165) is 105 Å². The van der Waals surface area contributed by atoms with Crippen LogP contribution in [0, 0.1) is 11.8 Å². The highest BCUT2D eigenvalue weighted by molar-refractivity contribution is 6.04. The molecule has 0 spiro atoms. The van der Waals surface area contributed by atoms with Crippen LogP contribution >= 0.6 is 0 Å². The summed E-state index contributed by atoms with van der Waals surface area (Å²) >= 11 is 0. The molecule has 15 heteroatoms. The molecule has 2 N–H and O–H groups in total. The molecule has 15 nitrogen and oxygen atoms in total. The van der Waals surface area contributed by atoms with Gasteiger partial charge in [-0.05, 0) is 121 Å². The number of pyridine rings is 1. The summed E-state index contributed by atoms with van der Waals surface area (Å²) in [5, 5.41) is 18.8. The Bertz CT molecular complexity index is 2480. The molecule has 8 rings (SSSR count). The maximum absolute atomic E-state index is 13.4. The molecule has 0 saturated heterocycles. The van der Waals surface area contributed by atoms with E-state index in [0.29, 0.717) is 49.2 Å². The van der Waals surface area contributed by atoms with Gasteiger partial charge in [0.25, 0.3) is 5.91 Å². The highest BCUT2D eigenvalue weighted by atomic mass is 16.5. The monoisotopic (exact) mass is 862 g/mol. The Labute approximate surface area is 368 Å². The summed E-state index contributed by atoms with van der Waals surface area (Å²) in [5.41, 5.74) is 3.93. The summed E-state index contributed by atoms with van der Waals surface area (Å²) in [6.07, 6.45) is 16.7. The summed E-state index contributed by atoms with van der Waals surface area (Å²) in [6, 6.07) is 9.25. The number of benzene rings is 1. The van der Waals surface area contributed by atoms with Gasteiger partial charge in [-0.3, -0.25) is 33.2 Å². The van der Waals surface area contributed by atoms with Gasteiger partial charge in [-0.15, -0.1) is 0 Å². The Morgan fingerprint density at radius 1 is 1.02 bits per heavy atom. The first-order valence-electron chi connectivity index (χ1n) is 22.9. The smallest absolute Gasteiger partial charge is 0.329 e. The van der Waals surface area contributed by atoms with E-state index in [1.807, 2.05) is 41.2 Å². The Morgan fingerprint density at radius 2 is 1.79 bits per heavy atom. The van der Waals surface area contributed by atoms with Crippen LogP contribution in [0.4, 0.5) is 5.69 Å². The third-order valence-corrected chi connectivity index (χ3v) is 13.1. The van der Waals surface area contributed by atoms with Crippen molar-refractivity contribution in [1.82, 2.24) is 33.8 Å². The van der Waals surface area contributed by atoms with Crippen molar-refractivity contribution in [3.8, 4) is 11.5 Å². The molecule has 63 heavy (non-hydrogen) atoms. The second kappa shape index (κ2) is 19.2. The number of para-hydroxylation sites is 1. The molecule has 3 aliphatic rings. The normalized spacial score (nSPS) is 19.7. The average molecular weight is 863 g/mol. The molecule has 4 heterocycles. The van der Waals surface area contributed by atoms with E-state index in [2.05, 4.69) is 27.2 Å². The number of ether oxygens (including phenoxy) is 1. The number of aliphatic hydroxyl groups is 1. The number of fused-ring (bicyclic) bond motifs is 1. The van der Waals surface area contributed by atoms with E-state index in [-0.39, 0.29) is 35.4 Å². The lowest BCUT2D eigenvalue weighted by molar-refractivity contribution is -0.132. The lowest BCUT2D eigenvalue weighted by Crippen LogP contribution is -2.34. The molecule has 0 aliphatic heterocycles. The second-order valence-electron chi connectivity index (χ2n) is 18.7. The van der Waals surface area contributed by atoms with Crippen molar-refractivity contribution < 1.29 is 28.6 Å². The summed E-state index contributed by atoms with van der Waals surface area (Å²) in [5.74, 6) is 1.08. The number of nitrogens with zero attached hydrogens (tertiary/aromatic N) is 7. The minimum atomic E-state index is -1.27. The molecular formula is C48H62N8O7. The zero-order chi connectivity index (χ0) is 44.3. The van der Waals surface area contributed by atoms with Crippen LogP contribution in [0.15, 0.2) is 58.2 Å². The van der Waals surface area contributed by atoms with E-state index >= 15 is 0 Å². The fourth-order valence-corrected chi connectivity index (χ4v) is 9.51. The number of imidazole rings is 1. The molecule has 0 radical (unpaired) electrons. The predicted octanol–water partition coefficient (Wildman–Crippen LogP) is 6.97. The average Bonchev–Trinajstić information content (AvgIpc) is 3.65. The highest BCUT2D eigenvalue weighted by Crippen LogP contribution is 2.36. The topological polar surface area (TPSA) is 180 Å². The molecule has 3 saturated carbocycles. The number of ketones is 2. The van der Waals surface area contributed by atoms with Gasteiger partial charge in [0, 0.05) is 63.4 Å². The second-order valence-corrected chi connectivity index (χ2v) is 18.7. The van der Waals surface area contributed by atoms with E-state index in [9.17, 15) is 24.3 Å². The largest absolute Gasteiger partial charge is 0.444 e. The molecule has 5 aromatic rings. The third-order valence-electron chi connectivity index (χ3n) is 13.1. The molecule has 1 aromatic carbocycles. The molecule has 1 amide bonds. The molecular weight excluding hydrogens is 801 g/mol. The zero-order valence-corrected chi connectivity index (χ0v) is 37.2. The molecule has 3 fully saturated rings. The number of aryl methyl sites for hydroxylation is 3. The van der Waals surface area contributed by atoms with Gasteiger partial charge in [0.1, 0.15) is 23.3 Å². The van der Waals surface area contributed by atoms with Crippen molar-refractivity contribution in [2.24, 2.45) is 18.9 Å². The van der Waals surface area contributed by atoms with Crippen LogP contribution in [0.1, 0.15) is 130 Å². The minimum absolute atomic E-state index is 0.0560. The maximum Gasteiger partial charge on any atom is 0.329 e. The van der Waals surface area contributed by atoms with Crippen molar-refractivity contribution in [3.63, 3.8) is 0 Å². The molecule has 336 valence electrons. The molecule has 3 aliphatic carbocycles. The third kappa shape index (κ3) is 10.6. The number of rotatable bonds is 19. The molecule has 1 atom stereocenters. The Hall–Kier alpha value is -5.25. The van der Waals surface area contributed by atoms with E-state index in [1.165, 1.54) is 19.1 Å². The fraction of sp³-hybridized carbons (Fsp3) is 0.562. The Balaban J connectivity index is 0.763. The Kier molecular flexibility index (Phi) is 13.5. The van der Waals surface area contributed by atoms with Gasteiger partial charge < -0.3 is 24.5 Å². The van der Waals surface area contributed by atoms with Crippen molar-refractivity contribution in [3.05, 3.63) is 82.1 Å². The van der Waals surface area contributed by atoms with E-state index in [4.69, 9.17) is 14.3 Å². The van der Waals surface area contributed by atoms with Gasteiger partial charge in [0.05, 0.1) is 35.2 Å². The fourth-order valence-electron chi connectivity index (χ4n) is 9.51. The lowest BCUT2D eigenvalue weighted by Gasteiger charge is -2.31. The number of anilines is 1. The van der Waals surface area contributed by atoms with Gasteiger partial charge in [-0.25, -0.2) is 9.78 Å². The number of hydrogen-bond donors (Lipinski definition) is 2. The standard InChI is InChI=1S/C48H62N8O7/c1-48(2,61)44-38(50-45(59)39-30-63-46(51-39)34-21-22-49-35(26-34)16-13-31-11-12-31)29-55(52-44)36-17-14-32(15-18-36)28-53(3)23-7-25-62-24-6-9-33-8-5-10-41-43(33)54(4)47(60)56(41)40-20-19-37(57)27-42(40)58/h5,8,10,21-22,26,29-32,36,40,61H,6-7,9,11-20,23-25,27-28H2,1-4H3,(H,50,59). The van der Waals surface area contributed by atoms with Gasteiger partial charge >= 0.3 is 5.69 Å². The van der Waals surface area contributed by atoms with Crippen molar-refractivity contribution in [1.29, 1.82) is 0 Å². The van der Waals surface area contributed by atoms with Crippen molar-refractivity contribution >= 4 is 34.2 Å². The maximum atomic E-state index is 13.4. The first kappa shape index (κ1) is 44.4. The number of aromatic nitrogens is 6. The summed E-state index contributed by atoms with van der Waals surface area (Å²) in [7, 11) is 3.92. The number of carbonyl (C=O) groups is 3. The number of Topliss-reactive ketones (excluding diaryl/α,β-unsaturated/α-hetero) is 2. The molecule has 0 bridgehead atoms. The first-order chi connectivity index (χ1) is 30.3. The van der Waals surface area contributed by atoms with Gasteiger partial charge in [0.2, 0.25) is 5.89 Å². The number of amides is 1. The van der Waals surface area contributed by atoms with Crippen LogP contribution in [-0.2, 0) is 39.8 Å². The SMILES string of the molecule is CN(CCCOCCCc1cccc2c1n(C)c(=O)n2C1CCC(=O)CC1=O)CC1CCC(n2cc(NC(=O)c3coc(-c4ccnc(CCC5CC5)c4)n3)c(C(C)(C)O)n2)CC1. The minimum Gasteiger partial charge on any atom is -0.444 e. The summed E-state index contributed by atoms with van der Waals surface area (Å²) in [6.45, 7) is 6.58. The van der Waals surface area contributed by atoms with Gasteiger partial charge in [-0.1, -0.05) is 25.0 Å². The van der Waals surface area contributed by atoms with Crippen LogP contribution in [0.25, 0.3) is 22.5 Å². The highest BCUT2D eigenvalue weighted by Gasteiger charge is 2.33. The molecule has 1 unspecified atom stereocenters. The van der Waals surface area contributed by atoms with Crippen LogP contribution in [0.5, 0.6) is 0 Å². The van der Waals surface area contributed by atoms with Crippen molar-refractivity contribution in [2.75, 3.05) is 38.7 Å².